The van der Waals surface area contributed by atoms with E-state index in [9.17, 15) is 9.59 Å². The van der Waals surface area contributed by atoms with E-state index in [1.807, 2.05) is 0 Å². The first-order valence-electron chi connectivity index (χ1n) is 6.05. The fraction of sp³-hybridized carbons (Fsp3) is 0. The van der Waals surface area contributed by atoms with Gasteiger partial charge in [-0.15, -0.1) is 0 Å². The molecule has 2 heterocycles. The average molecular weight is 301 g/mol. The SMILES string of the molecule is O=C(Nc1ccccn1)c1n[nH]c2ccc(Cl)cc2c1=O. The molecule has 0 atom stereocenters. The topological polar surface area (TPSA) is 87.7 Å². The number of fused-ring (bicyclic) bond motifs is 1. The number of hydrogen-bond acceptors (Lipinski definition) is 4. The largest absolute Gasteiger partial charge is 0.305 e. The predicted molar refractivity (Wildman–Crippen MR) is 79.6 cm³/mol. The van der Waals surface area contributed by atoms with Crippen LogP contribution in [0.25, 0.3) is 10.9 Å². The number of anilines is 1. The van der Waals surface area contributed by atoms with Gasteiger partial charge in [-0.05, 0) is 30.3 Å². The standard InChI is InChI=1S/C14H9ClN4O2/c15-8-4-5-10-9(7-8)13(20)12(19-18-10)14(21)17-11-3-1-2-6-16-11/h1-7H,(H,18,20)(H,16,17,21). The predicted octanol–water partition coefficient (Wildman–Crippen LogP) is 2.22. The summed E-state index contributed by atoms with van der Waals surface area (Å²) in [6.07, 6.45) is 1.54. The molecule has 0 bridgehead atoms. The third-order valence-electron chi connectivity index (χ3n) is 2.85. The molecule has 2 N–H and O–H groups in total. The van der Waals surface area contributed by atoms with Gasteiger partial charge < -0.3 is 5.32 Å². The number of aromatic amines is 1. The molecule has 6 nitrogen and oxygen atoms in total. The van der Waals surface area contributed by atoms with Crippen molar-refractivity contribution in [2.75, 3.05) is 5.32 Å². The van der Waals surface area contributed by atoms with Crippen LogP contribution in [0.4, 0.5) is 5.82 Å². The number of carbonyl (C=O) groups excluding carboxylic acids is 1. The van der Waals surface area contributed by atoms with E-state index in [1.54, 1.807) is 30.3 Å². The minimum absolute atomic E-state index is 0.240. The molecule has 0 radical (unpaired) electrons. The van der Waals surface area contributed by atoms with Gasteiger partial charge >= 0.3 is 0 Å². The minimum Gasteiger partial charge on any atom is -0.305 e. The summed E-state index contributed by atoms with van der Waals surface area (Å²) in [5.74, 6) is -0.285. The van der Waals surface area contributed by atoms with Crippen LogP contribution < -0.4 is 10.7 Å². The Morgan fingerprint density at radius 3 is 2.86 bits per heavy atom. The first-order valence-corrected chi connectivity index (χ1v) is 6.43. The molecule has 3 aromatic rings. The number of halogens is 1. The van der Waals surface area contributed by atoms with Crippen LogP contribution in [0.3, 0.4) is 0 Å². The second kappa shape index (κ2) is 5.34. The Labute approximate surface area is 123 Å². The van der Waals surface area contributed by atoms with Gasteiger partial charge in [0.25, 0.3) is 5.91 Å². The molecule has 0 saturated carbocycles. The van der Waals surface area contributed by atoms with Crippen LogP contribution in [-0.2, 0) is 0 Å². The van der Waals surface area contributed by atoms with Crippen molar-refractivity contribution in [3.8, 4) is 0 Å². The average Bonchev–Trinajstić information content (AvgIpc) is 2.49. The lowest BCUT2D eigenvalue weighted by Gasteiger charge is -2.04. The lowest BCUT2D eigenvalue weighted by atomic mass is 10.2. The number of carbonyl (C=O) groups is 1. The number of H-pyrrole nitrogens is 1. The maximum atomic E-state index is 12.3. The lowest BCUT2D eigenvalue weighted by molar-refractivity contribution is 0.102. The van der Waals surface area contributed by atoms with Crippen LogP contribution >= 0.6 is 11.6 Å². The van der Waals surface area contributed by atoms with E-state index in [2.05, 4.69) is 20.5 Å². The normalized spacial score (nSPS) is 10.5. The second-order valence-electron chi connectivity index (χ2n) is 4.26. The van der Waals surface area contributed by atoms with Crippen LogP contribution in [0.5, 0.6) is 0 Å². The lowest BCUT2D eigenvalue weighted by Crippen LogP contribution is -2.24. The Balaban J connectivity index is 2.02. The Kier molecular flexibility index (Phi) is 3.37. The molecule has 0 fully saturated rings. The van der Waals surface area contributed by atoms with Crippen molar-refractivity contribution in [2.24, 2.45) is 0 Å². The molecule has 0 aliphatic rings. The highest BCUT2D eigenvalue weighted by atomic mass is 35.5. The van der Waals surface area contributed by atoms with Gasteiger partial charge in [0.15, 0.2) is 5.69 Å². The quantitative estimate of drug-likeness (QED) is 0.759. The van der Waals surface area contributed by atoms with E-state index < -0.39 is 11.3 Å². The highest BCUT2D eigenvalue weighted by Gasteiger charge is 2.15. The van der Waals surface area contributed by atoms with Gasteiger partial charge in [0.05, 0.1) is 10.9 Å². The van der Waals surface area contributed by atoms with Gasteiger partial charge in [-0.2, -0.15) is 5.10 Å². The summed E-state index contributed by atoms with van der Waals surface area (Å²) < 4.78 is 0. The van der Waals surface area contributed by atoms with Gasteiger partial charge in [0.2, 0.25) is 5.43 Å². The number of hydrogen-bond donors (Lipinski definition) is 2. The molecule has 104 valence electrons. The van der Waals surface area contributed by atoms with Crippen molar-refractivity contribution >= 4 is 34.2 Å². The van der Waals surface area contributed by atoms with Crippen LogP contribution in [0.1, 0.15) is 10.5 Å². The molecule has 0 spiro atoms. The number of pyridine rings is 1. The van der Waals surface area contributed by atoms with Crippen LogP contribution in [0.15, 0.2) is 47.4 Å². The molecule has 0 unspecified atom stereocenters. The van der Waals surface area contributed by atoms with Gasteiger partial charge in [-0.1, -0.05) is 17.7 Å². The van der Waals surface area contributed by atoms with Crippen LogP contribution in [0, 0.1) is 0 Å². The first-order chi connectivity index (χ1) is 10.1. The number of nitrogens with zero attached hydrogens (tertiary/aromatic N) is 2. The van der Waals surface area contributed by atoms with Crippen molar-refractivity contribution < 1.29 is 4.79 Å². The van der Waals surface area contributed by atoms with Crippen molar-refractivity contribution in [1.29, 1.82) is 0 Å². The molecule has 0 saturated heterocycles. The fourth-order valence-corrected chi connectivity index (χ4v) is 2.03. The number of nitrogens with one attached hydrogen (secondary N) is 2. The molecular weight excluding hydrogens is 292 g/mol. The van der Waals surface area contributed by atoms with E-state index in [0.717, 1.165) is 0 Å². The van der Waals surface area contributed by atoms with Crippen molar-refractivity contribution in [3.63, 3.8) is 0 Å². The molecule has 1 aromatic carbocycles. The van der Waals surface area contributed by atoms with E-state index in [-0.39, 0.29) is 5.69 Å². The second-order valence-corrected chi connectivity index (χ2v) is 4.70. The highest BCUT2D eigenvalue weighted by molar-refractivity contribution is 6.31. The Hall–Kier alpha value is -2.73. The smallest absolute Gasteiger partial charge is 0.281 e. The first kappa shape index (κ1) is 13.3. The van der Waals surface area contributed by atoms with Crippen molar-refractivity contribution in [1.82, 2.24) is 15.2 Å². The van der Waals surface area contributed by atoms with Crippen molar-refractivity contribution in [3.05, 3.63) is 63.5 Å². The minimum atomic E-state index is -0.628. The third kappa shape index (κ3) is 2.61. The molecular formula is C14H9ClN4O2. The number of amides is 1. The molecule has 1 amide bonds. The summed E-state index contributed by atoms with van der Waals surface area (Å²) in [6, 6.07) is 9.82. The number of aromatic nitrogens is 3. The number of benzene rings is 1. The van der Waals surface area contributed by atoms with Gasteiger partial charge in [0.1, 0.15) is 5.82 Å². The molecule has 7 heteroatoms. The third-order valence-corrected chi connectivity index (χ3v) is 3.09. The van der Waals surface area contributed by atoms with E-state index >= 15 is 0 Å². The Morgan fingerprint density at radius 2 is 2.10 bits per heavy atom. The van der Waals surface area contributed by atoms with E-state index in [1.165, 1.54) is 12.3 Å². The van der Waals surface area contributed by atoms with E-state index in [0.29, 0.717) is 21.7 Å². The zero-order valence-electron chi connectivity index (χ0n) is 10.6. The fourth-order valence-electron chi connectivity index (χ4n) is 1.86. The van der Waals surface area contributed by atoms with Gasteiger partial charge in [0, 0.05) is 11.2 Å². The van der Waals surface area contributed by atoms with Gasteiger partial charge in [-0.3, -0.25) is 14.7 Å². The van der Waals surface area contributed by atoms with Gasteiger partial charge in [-0.25, -0.2) is 4.98 Å². The zero-order chi connectivity index (χ0) is 14.8. The van der Waals surface area contributed by atoms with Crippen LogP contribution in [-0.4, -0.2) is 21.1 Å². The molecule has 21 heavy (non-hydrogen) atoms. The molecule has 2 aromatic heterocycles. The molecule has 3 rings (SSSR count). The number of rotatable bonds is 2. The summed E-state index contributed by atoms with van der Waals surface area (Å²) in [6.45, 7) is 0. The summed E-state index contributed by atoms with van der Waals surface area (Å²) in [5, 5.41) is 9.71. The summed E-state index contributed by atoms with van der Waals surface area (Å²) in [4.78, 5) is 28.3. The Bertz CT molecular complexity index is 877. The van der Waals surface area contributed by atoms with Crippen LogP contribution in [0.2, 0.25) is 5.02 Å². The van der Waals surface area contributed by atoms with Crippen molar-refractivity contribution in [2.45, 2.75) is 0 Å². The highest BCUT2D eigenvalue weighted by Crippen LogP contribution is 2.14. The molecule has 0 aliphatic carbocycles. The Morgan fingerprint density at radius 1 is 1.24 bits per heavy atom. The summed E-state index contributed by atoms with van der Waals surface area (Å²) in [5.41, 5.74) is -0.214. The van der Waals surface area contributed by atoms with E-state index in [4.69, 9.17) is 11.6 Å². The summed E-state index contributed by atoms with van der Waals surface area (Å²) in [7, 11) is 0. The zero-order valence-corrected chi connectivity index (χ0v) is 11.4. The summed E-state index contributed by atoms with van der Waals surface area (Å²) >= 11 is 5.87. The molecule has 0 aliphatic heterocycles. The maximum Gasteiger partial charge on any atom is 0.281 e. The maximum absolute atomic E-state index is 12.3. The monoisotopic (exact) mass is 300 g/mol.